The molecule has 2 aromatic rings. The molecule has 0 aromatic carbocycles. The van der Waals surface area contributed by atoms with Gasteiger partial charge in [0.25, 0.3) is 0 Å². The normalized spacial score (nSPS) is 11.5. The predicted molar refractivity (Wildman–Crippen MR) is 69.9 cm³/mol. The molecule has 9 heteroatoms. The smallest absolute Gasteiger partial charge is 0.366 e. The number of nitrogens with zero attached hydrogens (tertiary/aromatic N) is 3. The maximum atomic E-state index is 12.8. The number of aryl methyl sites for hydroxylation is 2. The van der Waals surface area contributed by atoms with Crippen molar-refractivity contribution in [3.63, 3.8) is 0 Å². The second-order valence-corrected chi connectivity index (χ2v) is 4.37. The Morgan fingerprint density at radius 1 is 1.24 bits per heavy atom. The second-order valence-electron chi connectivity index (χ2n) is 4.37. The summed E-state index contributed by atoms with van der Waals surface area (Å²) in [6, 6.07) is 0.860. The van der Waals surface area contributed by atoms with Crippen molar-refractivity contribution >= 4 is 11.8 Å². The molecule has 2 N–H and O–H groups in total. The lowest BCUT2D eigenvalue weighted by Gasteiger charge is -2.11. The van der Waals surface area contributed by atoms with Crippen molar-refractivity contribution in [3.8, 4) is 0 Å². The summed E-state index contributed by atoms with van der Waals surface area (Å²) in [5.41, 5.74) is 0.454. The van der Waals surface area contributed by atoms with E-state index in [1.54, 1.807) is 13.8 Å². The number of anilines is 2. The number of nitrogens with one attached hydrogen (secondary N) is 2. The minimum absolute atomic E-state index is 0.0710. The number of hydrogen-bond acceptors (Lipinski definition) is 6. The molecule has 0 amide bonds. The first-order chi connectivity index (χ1) is 9.81. The molecule has 2 heterocycles. The van der Waals surface area contributed by atoms with Gasteiger partial charge in [-0.05, 0) is 13.8 Å². The fourth-order valence-electron chi connectivity index (χ4n) is 1.73. The zero-order chi connectivity index (χ0) is 15.6. The molecule has 6 nitrogen and oxygen atoms in total. The number of halogens is 3. The van der Waals surface area contributed by atoms with Gasteiger partial charge in [0.1, 0.15) is 11.6 Å². The summed E-state index contributed by atoms with van der Waals surface area (Å²) < 4.78 is 43.3. The summed E-state index contributed by atoms with van der Waals surface area (Å²) in [5.74, 6) is 0.576. The Balaban J connectivity index is 2.24. The third-order valence-corrected chi connectivity index (χ3v) is 2.87. The highest BCUT2D eigenvalue weighted by Crippen LogP contribution is 2.29. The average Bonchev–Trinajstić information content (AvgIpc) is 2.74. The molecule has 0 spiro atoms. The predicted octanol–water partition coefficient (Wildman–Crippen LogP) is 2.75. The largest absolute Gasteiger partial charge is 0.433 e. The number of alkyl halides is 3. The molecule has 0 aliphatic carbocycles. The van der Waals surface area contributed by atoms with Crippen LogP contribution in [0, 0.1) is 13.8 Å². The third kappa shape index (κ3) is 3.41. The van der Waals surface area contributed by atoms with E-state index < -0.39 is 11.9 Å². The Hall–Kier alpha value is -2.32. The fourth-order valence-corrected chi connectivity index (χ4v) is 1.73. The van der Waals surface area contributed by atoms with Crippen LogP contribution < -0.4 is 10.6 Å². The van der Waals surface area contributed by atoms with E-state index in [0.717, 1.165) is 11.6 Å². The van der Waals surface area contributed by atoms with E-state index in [-0.39, 0.29) is 18.3 Å². The van der Waals surface area contributed by atoms with E-state index >= 15 is 0 Å². The highest BCUT2D eigenvalue weighted by Gasteiger charge is 2.33. The summed E-state index contributed by atoms with van der Waals surface area (Å²) in [6.45, 7) is 3.75. The van der Waals surface area contributed by atoms with Crippen LogP contribution in [0.25, 0.3) is 0 Å². The summed E-state index contributed by atoms with van der Waals surface area (Å²) >= 11 is 0. The van der Waals surface area contributed by atoms with Gasteiger partial charge in [0, 0.05) is 25.2 Å². The summed E-state index contributed by atoms with van der Waals surface area (Å²) in [5, 5.41) is 9.11. The molecule has 0 bridgehead atoms. The van der Waals surface area contributed by atoms with E-state index in [9.17, 15) is 13.2 Å². The molecule has 0 fully saturated rings. The second kappa shape index (κ2) is 5.58. The van der Waals surface area contributed by atoms with Gasteiger partial charge in [-0.25, -0.2) is 4.98 Å². The van der Waals surface area contributed by atoms with Crippen LogP contribution in [0.3, 0.4) is 0 Å². The monoisotopic (exact) mass is 301 g/mol. The SMILES string of the molecule is CNc1nc(NCc2c(C)noc2C)cc(C(F)(F)F)n1. The first-order valence-electron chi connectivity index (χ1n) is 6.11. The topological polar surface area (TPSA) is 75.9 Å². The highest BCUT2D eigenvalue weighted by molar-refractivity contribution is 5.43. The van der Waals surface area contributed by atoms with Crippen LogP contribution in [0.2, 0.25) is 0 Å². The van der Waals surface area contributed by atoms with Crippen molar-refractivity contribution in [1.82, 2.24) is 15.1 Å². The zero-order valence-corrected chi connectivity index (χ0v) is 11.7. The first kappa shape index (κ1) is 15.1. The minimum atomic E-state index is -4.53. The third-order valence-electron chi connectivity index (χ3n) is 2.87. The Bertz CT molecular complexity index is 619. The maximum Gasteiger partial charge on any atom is 0.433 e. The van der Waals surface area contributed by atoms with Crippen LogP contribution in [0.15, 0.2) is 10.6 Å². The molecule has 114 valence electrons. The molecule has 0 aliphatic rings. The van der Waals surface area contributed by atoms with Gasteiger partial charge in [0.2, 0.25) is 5.95 Å². The molecule has 0 atom stereocenters. The maximum absolute atomic E-state index is 12.8. The fraction of sp³-hybridized carbons (Fsp3) is 0.417. The number of aromatic nitrogens is 3. The quantitative estimate of drug-likeness (QED) is 0.904. The van der Waals surface area contributed by atoms with Crippen LogP contribution in [0.1, 0.15) is 22.7 Å². The van der Waals surface area contributed by atoms with Gasteiger partial charge in [0.05, 0.1) is 5.69 Å². The van der Waals surface area contributed by atoms with Gasteiger partial charge in [0.15, 0.2) is 5.69 Å². The van der Waals surface area contributed by atoms with Gasteiger partial charge < -0.3 is 15.2 Å². The van der Waals surface area contributed by atoms with Crippen molar-refractivity contribution in [2.24, 2.45) is 0 Å². The molecule has 0 unspecified atom stereocenters. The minimum Gasteiger partial charge on any atom is -0.366 e. The first-order valence-corrected chi connectivity index (χ1v) is 6.11. The molecule has 0 saturated heterocycles. The Morgan fingerprint density at radius 3 is 2.48 bits per heavy atom. The highest BCUT2D eigenvalue weighted by atomic mass is 19.4. The van der Waals surface area contributed by atoms with Crippen molar-refractivity contribution < 1.29 is 17.7 Å². The molecule has 21 heavy (non-hydrogen) atoms. The van der Waals surface area contributed by atoms with Gasteiger partial charge in [-0.1, -0.05) is 5.16 Å². The van der Waals surface area contributed by atoms with Crippen LogP contribution in [0.5, 0.6) is 0 Å². The summed E-state index contributed by atoms with van der Waals surface area (Å²) in [6.07, 6.45) is -4.53. The Labute approximate surface area is 118 Å². The molecule has 2 rings (SSSR count). The average molecular weight is 301 g/mol. The van der Waals surface area contributed by atoms with Gasteiger partial charge in [-0.2, -0.15) is 18.2 Å². The van der Waals surface area contributed by atoms with Crippen LogP contribution in [-0.4, -0.2) is 22.2 Å². The molecule has 2 aromatic heterocycles. The van der Waals surface area contributed by atoms with Gasteiger partial charge >= 0.3 is 6.18 Å². The summed E-state index contributed by atoms with van der Waals surface area (Å²) in [4.78, 5) is 7.32. The molecule has 0 saturated carbocycles. The lowest BCUT2D eigenvalue weighted by atomic mass is 10.2. The van der Waals surface area contributed by atoms with Gasteiger partial charge in [-0.3, -0.25) is 0 Å². The van der Waals surface area contributed by atoms with E-state index in [4.69, 9.17) is 4.52 Å². The molecular weight excluding hydrogens is 287 g/mol. The van der Waals surface area contributed by atoms with Crippen LogP contribution in [-0.2, 0) is 12.7 Å². The van der Waals surface area contributed by atoms with Crippen LogP contribution in [0.4, 0.5) is 24.9 Å². The Morgan fingerprint density at radius 2 is 1.95 bits per heavy atom. The number of hydrogen-bond donors (Lipinski definition) is 2. The van der Waals surface area contributed by atoms with Crippen LogP contribution >= 0.6 is 0 Å². The number of rotatable bonds is 4. The Kier molecular flexibility index (Phi) is 4.01. The van der Waals surface area contributed by atoms with Crippen molar-refractivity contribution in [1.29, 1.82) is 0 Å². The lowest BCUT2D eigenvalue weighted by Crippen LogP contribution is -2.13. The van der Waals surface area contributed by atoms with Crippen molar-refractivity contribution in [2.75, 3.05) is 17.7 Å². The van der Waals surface area contributed by atoms with E-state index in [1.165, 1.54) is 7.05 Å². The molecule has 0 radical (unpaired) electrons. The van der Waals surface area contributed by atoms with E-state index in [2.05, 4.69) is 25.8 Å². The van der Waals surface area contributed by atoms with E-state index in [1.807, 2.05) is 0 Å². The summed E-state index contributed by atoms with van der Waals surface area (Å²) in [7, 11) is 1.45. The van der Waals surface area contributed by atoms with E-state index in [0.29, 0.717) is 11.5 Å². The molecule has 0 aliphatic heterocycles. The zero-order valence-electron chi connectivity index (χ0n) is 11.7. The van der Waals surface area contributed by atoms with Crippen molar-refractivity contribution in [3.05, 3.63) is 28.8 Å². The standard InChI is InChI=1S/C12H14F3N5O/c1-6-8(7(2)21-20-6)5-17-10-4-9(12(13,14)15)18-11(16-3)19-10/h4H,5H2,1-3H3,(H2,16,17,18,19). The van der Waals surface area contributed by atoms with Crippen molar-refractivity contribution in [2.45, 2.75) is 26.6 Å². The molecular formula is C12H14F3N5O. The lowest BCUT2D eigenvalue weighted by molar-refractivity contribution is -0.141. The van der Waals surface area contributed by atoms with Gasteiger partial charge in [-0.15, -0.1) is 0 Å².